The first kappa shape index (κ1) is 24.7. The molecular weight excluding hydrogens is 454 g/mol. The first-order valence-electron chi connectivity index (χ1n) is 10.4. The summed E-state index contributed by atoms with van der Waals surface area (Å²) in [7, 11) is 6.24. The Hall–Kier alpha value is -3.90. The third-order valence-corrected chi connectivity index (χ3v) is 5.29. The predicted octanol–water partition coefficient (Wildman–Crippen LogP) is 6.35. The summed E-state index contributed by atoms with van der Waals surface area (Å²) in [5.41, 5.74) is 2.94. The molecule has 34 heavy (non-hydrogen) atoms. The number of hydrogen-bond donors (Lipinski definition) is 1. The molecule has 0 atom stereocenters. The zero-order valence-corrected chi connectivity index (χ0v) is 20.2. The molecule has 6 nitrogen and oxygen atoms in total. The van der Waals surface area contributed by atoms with Crippen LogP contribution >= 0.6 is 11.6 Å². The first-order valence-corrected chi connectivity index (χ1v) is 10.8. The maximum absolute atomic E-state index is 12.4. The third-order valence-electron chi connectivity index (χ3n) is 5.00. The number of halogens is 1. The van der Waals surface area contributed by atoms with Crippen LogP contribution < -0.4 is 24.3 Å². The number of rotatable bonds is 10. The lowest BCUT2D eigenvalue weighted by molar-refractivity contribution is 0.104. The highest BCUT2D eigenvalue weighted by molar-refractivity contribution is 6.32. The second-order valence-electron chi connectivity index (χ2n) is 7.07. The Labute approximate surface area is 204 Å². The van der Waals surface area contributed by atoms with E-state index >= 15 is 0 Å². The maximum Gasteiger partial charge on any atom is 0.203 e. The van der Waals surface area contributed by atoms with Gasteiger partial charge in [-0.3, -0.25) is 4.79 Å². The van der Waals surface area contributed by atoms with E-state index in [-0.39, 0.29) is 5.78 Å². The highest BCUT2D eigenvalue weighted by Crippen LogP contribution is 2.39. The molecule has 1 N–H and O–H groups in total. The van der Waals surface area contributed by atoms with Crippen molar-refractivity contribution in [3.05, 3.63) is 88.6 Å². The van der Waals surface area contributed by atoms with Crippen LogP contribution in [0.4, 0.5) is 5.69 Å². The SMILES string of the molecule is COc1cc(N/C=C\C(=O)c2ccccc2)c(/C=C/c2cc(OC)c(OC)c(OC)c2)cc1Cl. The molecule has 0 aliphatic heterocycles. The van der Waals surface area contributed by atoms with Crippen LogP contribution in [-0.4, -0.2) is 34.2 Å². The van der Waals surface area contributed by atoms with Crippen molar-refractivity contribution in [3.63, 3.8) is 0 Å². The van der Waals surface area contributed by atoms with E-state index in [0.29, 0.717) is 39.3 Å². The van der Waals surface area contributed by atoms with E-state index in [1.165, 1.54) is 6.08 Å². The molecule has 0 bridgehead atoms. The van der Waals surface area contributed by atoms with Gasteiger partial charge in [-0.2, -0.15) is 0 Å². The minimum Gasteiger partial charge on any atom is -0.495 e. The van der Waals surface area contributed by atoms with E-state index in [2.05, 4.69) is 5.32 Å². The number of anilines is 1. The van der Waals surface area contributed by atoms with E-state index in [0.717, 1.165) is 11.1 Å². The van der Waals surface area contributed by atoms with Gasteiger partial charge in [-0.25, -0.2) is 0 Å². The van der Waals surface area contributed by atoms with Gasteiger partial charge in [0.15, 0.2) is 17.3 Å². The minimum atomic E-state index is -0.108. The largest absolute Gasteiger partial charge is 0.495 e. The Kier molecular flexibility index (Phi) is 8.60. The first-order chi connectivity index (χ1) is 16.5. The van der Waals surface area contributed by atoms with Crippen molar-refractivity contribution < 1.29 is 23.7 Å². The number of hydrogen-bond acceptors (Lipinski definition) is 6. The van der Waals surface area contributed by atoms with Gasteiger partial charge in [0.05, 0.1) is 33.5 Å². The third kappa shape index (κ3) is 5.91. The fourth-order valence-corrected chi connectivity index (χ4v) is 3.53. The lowest BCUT2D eigenvalue weighted by Gasteiger charge is -2.13. The van der Waals surface area contributed by atoms with Gasteiger partial charge in [0, 0.05) is 29.6 Å². The maximum atomic E-state index is 12.4. The van der Waals surface area contributed by atoms with Crippen LogP contribution in [0, 0.1) is 0 Å². The van der Waals surface area contributed by atoms with Gasteiger partial charge in [0.25, 0.3) is 0 Å². The monoisotopic (exact) mass is 479 g/mol. The number of allylic oxidation sites excluding steroid dienone is 1. The summed E-state index contributed by atoms with van der Waals surface area (Å²) < 4.78 is 21.6. The van der Waals surface area contributed by atoms with Crippen LogP contribution in [0.5, 0.6) is 23.0 Å². The molecule has 176 valence electrons. The Morgan fingerprint density at radius 2 is 1.47 bits per heavy atom. The van der Waals surface area contributed by atoms with Crippen molar-refractivity contribution in [1.29, 1.82) is 0 Å². The normalized spacial score (nSPS) is 11.0. The van der Waals surface area contributed by atoms with Gasteiger partial charge in [0.2, 0.25) is 5.75 Å². The Bertz CT molecular complexity index is 1180. The summed E-state index contributed by atoms with van der Waals surface area (Å²) in [5.74, 6) is 2.02. The average molecular weight is 480 g/mol. The molecule has 3 rings (SSSR count). The molecule has 3 aromatic rings. The van der Waals surface area contributed by atoms with E-state index in [9.17, 15) is 4.79 Å². The molecule has 0 saturated carbocycles. The van der Waals surface area contributed by atoms with Crippen LogP contribution in [0.25, 0.3) is 12.2 Å². The van der Waals surface area contributed by atoms with Crippen LogP contribution in [0.3, 0.4) is 0 Å². The van der Waals surface area contributed by atoms with Crippen molar-refractivity contribution in [1.82, 2.24) is 0 Å². The van der Waals surface area contributed by atoms with Gasteiger partial charge in [-0.1, -0.05) is 54.1 Å². The van der Waals surface area contributed by atoms with E-state index in [4.69, 9.17) is 30.5 Å². The highest BCUT2D eigenvalue weighted by atomic mass is 35.5. The molecule has 0 amide bonds. The smallest absolute Gasteiger partial charge is 0.203 e. The summed E-state index contributed by atoms with van der Waals surface area (Å²) >= 11 is 6.37. The number of carbonyl (C=O) groups excluding carboxylic acids is 1. The number of methoxy groups -OCH3 is 4. The standard InChI is InChI=1S/C27H26ClNO5/c1-31-24-17-22(29-13-12-23(30)19-8-6-5-7-9-19)20(16-21(24)28)11-10-18-14-25(32-2)27(34-4)26(15-18)33-3/h5-17,29H,1-4H3/b11-10+,13-12-. The lowest BCUT2D eigenvalue weighted by Crippen LogP contribution is -1.98. The van der Waals surface area contributed by atoms with Gasteiger partial charge in [-0.15, -0.1) is 0 Å². The van der Waals surface area contributed by atoms with E-state index in [1.807, 2.05) is 42.5 Å². The molecule has 0 aliphatic rings. The quantitative estimate of drug-likeness (QED) is 0.207. The van der Waals surface area contributed by atoms with Gasteiger partial charge in [0.1, 0.15) is 5.75 Å². The van der Waals surface area contributed by atoms with Crippen molar-refractivity contribution in [2.75, 3.05) is 33.8 Å². The molecule has 0 aliphatic carbocycles. The highest BCUT2D eigenvalue weighted by Gasteiger charge is 2.12. The van der Waals surface area contributed by atoms with Gasteiger partial charge in [-0.05, 0) is 29.3 Å². The second-order valence-corrected chi connectivity index (χ2v) is 7.48. The van der Waals surface area contributed by atoms with Gasteiger partial charge < -0.3 is 24.3 Å². The van der Waals surface area contributed by atoms with Crippen LogP contribution in [0.15, 0.2) is 66.9 Å². The molecule has 3 aromatic carbocycles. The number of ether oxygens (including phenoxy) is 4. The zero-order valence-electron chi connectivity index (χ0n) is 19.4. The lowest BCUT2D eigenvalue weighted by atomic mass is 10.1. The molecule has 0 heterocycles. The summed E-state index contributed by atoms with van der Waals surface area (Å²) in [6.07, 6.45) is 6.85. The summed E-state index contributed by atoms with van der Waals surface area (Å²) in [6, 6.07) is 16.3. The van der Waals surface area contributed by atoms with E-state index < -0.39 is 0 Å². The van der Waals surface area contributed by atoms with E-state index in [1.54, 1.807) is 58.9 Å². The number of carbonyl (C=O) groups is 1. The molecule has 0 unspecified atom stereocenters. The Balaban J connectivity index is 1.91. The van der Waals surface area contributed by atoms with Crippen LogP contribution in [-0.2, 0) is 0 Å². The Morgan fingerprint density at radius 3 is 2.06 bits per heavy atom. The fraction of sp³-hybridized carbons (Fsp3) is 0.148. The van der Waals surface area contributed by atoms with Crippen molar-refractivity contribution >= 4 is 35.2 Å². The summed E-state index contributed by atoms with van der Waals surface area (Å²) in [5, 5.41) is 3.61. The topological polar surface area (TPSA) is 66.0 Å². The molecule has 0 fully saturated rings. The summed E-state index contributed by atoms with van der Waals surface area (Å²) in [4.78, 5) is 12.4. The van der Waals surface area contributed by atoms with Crippen molar-refractivity contribution in [2.24, 2.45) is 0 Å². The summed E-state index contributed by atoms with van der Waals surface area (Å²) in [6.45, 7) is 0. The Morgan fingerprint density at radius 1 is 0.824 bits per heavy atom. The molecule has 0 radical (unpaired) electrons. The zero-order chi connectivity index (χ0) is 24.5. The second kappa shape index (κ2) is 11.8. The molecule has 7 heteroatoms. The van der Waals surface area contributed by atoms with Crippen molar-refractivity contribution in [2.45, 2.75) is 0 Å². The van der Waals surface area contributed by atoms with Crippen LogP contribution in [0.2, 0.25) is 5.02 Å². The molecular formula is C27H26ClNO5. The number of benzene rings is 3. The minimum absolute atomic E-state index is 0.108. The molecule has 0 spiro atoms. The van der Waals surface area contributed by atoms with Crippen molar-refractivity contribution in [3.8, 4) is 23.0 Å². The molecule has 0 aromatic heterocycles. The van der Waals surface area contributed by atoms with Crippen LogP contribution in [0.1, 0.15) is 21.5 Å². The number of ketones is 1. The van der Waals surface area contributed by atoms with Gasteiger partial charge >= 0.3 is 0 Å². The predicted molar refractivity (Wildman–Crippen MR) is 137 cm³/mol. The number of nitrogens with one attached hydrogen (secondary N) is 1. The fourth-order valence-electron chi connectivity index (χ4n) is 3.28. The molecule has 0 saturated heterocycles. The average Bonchev–Trinajstić information content (AvgIpc) is 2.87.